The van der Waals surface area contributed by atoms with Crippen LogP contribution < -0.4 is 5.73 Å². The van der Waals surface area contributed by atoms with E-state index in [-0.39, 0.29) is 0 Å². The Morgan fingerprint density at radius 2 is 2.29 bits per heavy atom. The number of aromatic nitrogens is 5. The van der Waals surface area contributed by atoms with Gasteiger partial charge < -0.3 is 14.8 Å². The van der Waals surface area contributed by atoms with Crippen molar-refractivity contribution in [3.05, 3.63) is 18.0 Å². The van der Waals surface area contributed by atoms with Gasteiger partial charge in [0, 0.05) is 7.05 Å². The van der Waals surface area contributed by atoms with Crippen molar-refractivity contribution < 1.29 is 4.52 Å². The summed E-state index contributed by atoms with van der Waals surface area (Å²) >= 11 is 1.48. The first-order valence-corrected chi connectivity index (χ1v) is 6.04. The Labute approximate surface area is 103 Å². The summed E-state index contributed by atoms with van der Waals surface area (Å²) in [7, 11) is 1.88. The van der Waals surface area contributed by atoms with Crippen LogP contribution in [0.15, 0.2) is 16.0 Å². The molecule has 2 aromatic heterocycles. The Morgan fingerprint density at radius 1 is 1.53 bits per heavy atom. The summed E-state index contributed by atoms with van der Waals surface area (Å²) in [5.74, 6) is 1.59. The van der Waals surface area contributed by atoms with Gasteiger partial charge in [-0.3, -0.25) is 0 Å². The number of nitrogens with zero attached hydrogens (tertiary/aromatic N) is 5. The largest absolute Gasteiger partial charge is 0.338 e. The Kier molecular flexibility index (Phi) is 3.16. The second kappa shape index (κ2) is 4.46. The minimum atomic E-state index is -0.586. The van der Waals surface area contributed by atoms with Gasteiger partial charge in [-0.15, -0.1) is 10.2 Å². The molecule has 0 aliphatic rings. The summed E-state index contributed by atoms with van der Waals surface area (Å²) in [6, 6.07) is 0. The zero-order valence-corrected chi connectivity index (χ0v) is 10.7. The lowest BCUT2D eigenvalue weighted by Gasteiger charge is -2.11. The Hall–Kier alpha value is -1.41. The van der Waals surface area contributed by atoms with Crippen LogP contribution in [0.25, 0.3) is 0 Å². The van der Waals surface area contributed by atoms with Crippen molar-refractivity contribution in [3.63, 3.8) is 0 Å². The first-order chi connectivity index (χ1) is 7.97. The number of hydrogen-bond donors (Lipinski definition) is 1. The summed E-state index contributed by atoms with van der Waals surface area (Å²) < 4.78 is 6.94. The third-order valence-corrected chi connectivity index (χ3v) is 3.06. The molecule has 0 fully saturated rings. The van der Waals surface area contributed by atoms with Crippen LogP contribution in [0, 0.1) is 0 Å². The van der Waals surface area contributed by atoms with E-state index in [2.05, 4.69) is 20.3 Å². The molecular weight excluding hydrogens is 240 g/mol. The van der Waals surface area contributed by atoms with Crippen LogP contribution in [0.3, 0.4) is 0 Å². The molecule has 2 N–H and O–H groups in total. The molecule has 0 aliphatic heterocycles. The predicted molar refractivity (Wildman–Crippen MR) is 62.1 cm³/mol. The van der Waals surface area contributed by atoms with Crippen molar-refractivity contribution in [2.45, 2.75) is 30.3 Å². The minimum absolute atomic E-state index is 0.506. The fourth-order valence-electron chi connectivity index (χ4n) is 1.10. The first kappa shape index (κ1) is 12.1. The molecular formula is C9H14N6OS. The summed E-state index contributed by atoms with van der Waals surface area (Å²) in [4.78, 5) is 4.23. The van der Waals surface area contributed by atoms with E-state index in [4.69, 9.17) is 10.3 Å². The third-order valence-electron chi connectivity index (χ3n) is 2.04. The molecule has 0 unspecified atom stereocenters. The molecule has 0 aliphatic carbocycles. The van der Waals surface area contributed by atoms with Crippen LogP contribution in [0.4, 0.5) is 0 Å². The van der Waals surface area contributed by atoms with E-state index in [0.29, 0.717) is 17.5 Å². The lowest BCUT2D eigenvalue weighted by Crippen LogP contribution is -2.30. The molecule has 8 heteroatoms. The van der Waals surface area contributed by atoms with E-state index in [1.807, 2.05) is 25.5 Å². The molecule has 0 aromatic carbocycles. The molecule has 92 valence electrons. The molecule has 2 aromatic rings. The standard InChI is InChI=1S/C9H14N6OS/c1-9(2,10)7-12-6(16-14-7)4-17-8-13-11-5-15(8)3/h5H,4,10H2,1-3H3. The van der Waals surface area contributed by atoms with Gasteiger partial charge in [0.15, 0.2) is 11.0 Å². The first-order valence-electron chi connectivity index (χ1n) is 5.05. The van der Waals surface area contributed by atoms with Crippen molar-refractivity contribution in [2.75, 3.05) is 0 Å². The molecule has 0 atom stereocenters. The van der Waals surface area contributed by atoms with Gasteiger partial charge in [0.1, 0.15) is 6.33 Å². The third kappa shape index (κ3) is 2.83. The van der Waals surface area contributed by atoms with Gasteiger partial charge in [-0.05, 0) is 13.8 Å². The Balaban J connectivity index is 2.01. The monoisotopic (exact) mass is 254 g/mol. The van der Waals surface area contributed by atoms with E-state index in [9.17, 15) is 0 Å². The fraction of sp³-hybridized carbons (Fsp3) is 0.556. The quantitative estimate of drug-likeness (QED) is 0.801. The molecule has 0 bridgehead atoms. The van der Waals surface area contributed by atoms with Gasteiger partial charge in [-0.1, -0.05) is 16.9 Å². The predicted octanol–water partition coefficient (Wildman–Crippen LogP) is 0.684. The summed E-state index contributed by atoms with van der Waals surface area (Å²) in [6.45, 7) is 3.66. The van der Waals surface area contributed by atoms with Crippen LogP contribution in [0.2, 0.25) is 0 Å². The summed E-state index contributed by atoms with van der Waals surface area (Å²) in [6.07, 6.45) is 1.64. The van der Waals surface area contributed by atoms with Crippen LogP contribution in [0.5, 0.6) is 0 Å². The van der Waals surface area contributed by atoms with Crippen LogP contribution in [0.1, 0.15) is 25.6 Å². The van der Waals surface area contributed by atoms with Gasteiger partial charge >= 0.3 is 0 Å². The second-order valence-corrected chi connectivity index (χ2v) is 5.19. The SMILES string of the molecule is Cn1cnnc1SCc1nc(C(C)(C)N)no1. The summed E-state index contributed by atoms with van der Waals surface area (Å²) in [5, 5.41) is 12.4. The maximum absolute atomic E-state index is 5.87. The van der Waals surface area contributed by atoms with E-state index in [0.717, 1.165) is 5.16 Å². The normalized spacial score (nSPS) is 12.0. The molecule has 2 rings (SSSR count). The highest BCUT2D eigenvalue weighted by Crippen LogP contribution is 2.20. The molecule has 0 radical (unpaired) electrons. The molecule has 0 spiro atoms. The second-order valence-electron chi connectivity index (χ2n) is 4.25. The average Bonchev–Trinajstić information content (AvgIpc) is 2.82. The fourth-order valence-corrected chi connectivity index (χ4v) is 1.83. The van der Waals surface area contributed by atoms with Crippen LogP contribution in [-0.2, 0) is 18.3 Å². The maximum Gasteiger partial charge on any atom is 0.237 e. The van der Waals surface area contributed by atoms with Crippen molar-refractivity contribution in [1.82, 2.24) is 24.9 Å². The Bertz CT molecular complexity index is 500. The highest BCUT2D eigenvalue weighted by molar-refractivity contribution is 7.98. The van der Waals surface area contributed by atoms with E-state index in [1.165, 1.54) is 11.8 Å². The zero-order chi connectivity index (χ0) is 12.5. The molecule has 2 heterocycles. The molecule has 7 nitrogen and oxygen atoms in total. The average molecular weight is 254 g/mol. The lowest BCUT2D eigenvalue weighted by molar-refractivity contribution is 0.369. The topological polar surface area (TPSA) is 95.7 Å². The lowest BCUT2D eigenvalue weighted by atomic mass is 10.1. The number of aryl methyl sites for hydroxylation is 1. The van der Waals surface area contributed by atoms with Crippen molar-refractivity contribution >= 4 is 11.8 Å². The summed E-state index contributed by atoms with van der Waals surface area (Å²) in [5.41, 5.74) is 5.28. The van der Waals surface area contributed by atoms with Gasteiger partial charge in [0.05, 0.1) is 11.3 Å². The maximum atomic E-state index is 5.87. The van der Waals surface area contributed by atoms with Gasteiger partial charge in [0.2, 0.25) is 5.89 Å². The minimum Gasteiger partial charge on any atom is -0.338 e. The number of hydrogen-bond acceptors (Lipinski definition) is 7. The molecule has 0 saturated carbocycles. The number of rotatable bonds is 4. The van der Waals surface area contributed by atoms with E-state index >= 15 is 0 Å². The van der Waals surface area contributed by atoms with Crippen molar-refractivity contribution in [3.8, 4) is 0 Å². The highest BCUT2D eigenvalue weighted by atomic mass is 32.2. The molecule has 0 amide bonds. The van der Waals surface area contributed by atoms with Crippen molar-refractivity contribution in [1.29, 1.82) is 0 Å². The highest BCUT2D eigenvalue weighted by Gasteiger charge is 2.21. The number of thioether (sulfide) groups is 1. The van der Waals surface area contributed by atoms with E-state index in [1.54, 1.807) is 6.33 Å². The zero-order valence-electron chi connectivity index (χ0n) is 9.91. The van der Waals surface area contributed by atoms with Gasteiger partial charge in [-0.25, -0.2) is 0 Å². The van der Waals surface area contributed by atoms with E-state index < -0.39 is 5.54 Å². The van der Waals surface area contributed by atoms with Gasteiger partial charge in [0.25, 0.3) is 0 Å². The van der Waals surface area contributed by atoms with Crippen molar-refractivity contribution in [2.24, 2.45) is 12.8 Å². The smallest absolute Gasteiger partial charge is 0.237 e. The molecule has 0 saturated heterocycles. The molecule has 17 heavy (non-hydrogen) atoms. The number of nitrogens with two attached hydrogens (primary N) is 1. The van der Waals surface area contributed by atoms with Gasteiger partial charge in [-0.2, -0.15) is 4.98 Å². The van der Waals surface area contributed by atoms with Crippen LogP contribution >= 0.6 is 11.8 Å². The van der Waals surface area contributed by atoms with Crippen LogP contribution in [-0.4, -0.2) is 24.9 Å². The Morgan fingerprint density at radius 3 is 2.82 bits per heavy atom.